The SMILES string of the molecule is COc1ccc(Oc2nc(C)ccc2OC[C@H]2CCCNC2)cc1. The molecule has 2 aromatic rings. The molecule has 0 saturated carbocycles. The summed E-state index contributed by atoms with van der Waals surface area (Å²) < 4.78 is 17.1. The van der Waals surface area contributed by atoms with Gasteiger partial charge in [0.15, 0.2) is 5.75 Å². The number of ether oxygens (including phenoxy) is 3. The molecule has 1 saturated heterocycles. The second-order valence-electron chi connectivity index (χ2n) is 6.06. The molecule has 1 N–H and O–H groups in total. The highest BCUT2D eigenvalue weighted by Gasteiger charge is 2.16. The van der Waals surface area contributed by atoms with Crippen molar-refractivity contribution >= 4 is 0 Å². The average Bonchev–Trinajstić information content (AvgIpc) is 2.62. The molecule has 0 spiro atoms. The molecule has 5 nitrogen and oxygen atoms in total. The van der Waals surface area contributed by atoms with Crippen LogP contribution in [0.3, 0.4) is 0 Å². The van der Waals surface area contributed by atoms with Crippen LogP contribution in [0.15, 0.2) is 36.4 Å². The van der Waals surface area contributed by atoms with Gasteiger partial charge in [-0.3, -0.25) is 0 Å². The van der Waals surface area contributed by atoms with Gasteiger partial charge in [0, 0.05) is 18.2 Å². The van der Waals surface area contributed by atoms with Gasteiger partial charge in [-0.2, -0.15) is 0 Å². The number of hydrogen-bond acceptors (Lipinski definition) is 5. The van der Waals surface area contributed by atoms with Crippen molar-refractivity contribution in [3.8, 4) is 23.1 Å². The zero-order valence-corrected chi connectivity index (χ0v) is 14.2. The van der Waals surface area contributed by atoms with E-state index in [9.17, 15) is 0 Å². The fourth-order valence-corrected chi connectivity index (χ4v) is 2.73. The summed E-state index contributed by atoms with van der Waals surface area (Å²) in [5.74, 6) is 3.22. The molecule has 2 heterocycles. The third-order valence-corrected chi connectivity index (χ3v) is 4.11. The minimum absolute atomic E-state index is 0.504. The third-order valence-electron chi connectivity index (χ3n) is 4.11. The van der Waals surface area contributed by atoms with Crippen molar-refractivity contribution < 1.29 is 14.2 Å². The van der Waals surface area contributed by atoms with E-state index >= 15 is 0 Å². The van der Waals surface area contributed by atoms with Crippen molar-refractivity contribution in [3.05, 3.63) is 42.1 Å². The molecule has 128 valence electrons. The predicted molar refractivity (Wildman–Crippen MR) is 93.1 cm³/mol. The summed E-state index contributed by atoms with van der Waals surface area (Å²) in [7, 11) is 1.64. The van der Waals surface area contributed by atoms with Crippen LogP contribution in [0.25, 0.3) is 0 Å². The van der Waals surface area contributed by atoms with Gasteiger partial charge in [-0.15, -0.1) is 0 Å². The van der Waals surface area contributed by atoms with E-state index in [1.165, 1.54) is 12.8 Å². The Morgan fingerprint density at radius 1 is 1.12 bits per heavy atom. The molecular formula is C19H24N2O3. The van der Waals surface area contributed by atoms with Crippen molar-refractivity contribution in [1.29, 1.82) is 0 Å². The normalized spacial score (nSPS) is 17.3. The summed E-state index contributed by atoms with van der Waals surface area (Å²) >= 11 is 0. The van der Waals surface area contributed by atoms with Crippen LogP contribution in [0.2, 0.25) is 0 Å². The van der Waals surface area contributed by atoms with Crippen molar-refractivity contribution in [3.63, 3.8) is 0 Å². The van der Waals surface area contributed by atoms with Gasteiger partial charge in [-0.05, 0) is 62.7 Å². The second-order valence-corrected chi connectivity index (χ2v) is 6.06. The molecule has 1 aromatic carbocycles. The van der Waals surface area contributed by atoms with Gasteiger partial charge in [0.2, 0.25) is 0 Å². The molecule has 1 fully saturated rings. The number of nitrogens with zero attached hydrogens (tertiary/aromatic N) is 1. The van der Waals surface area contributed by atoms with Gasteiger partial charge in [0.1, 0.15) is 11.5 Å². The van der Waals surface area contributed by atoms with Crippen molar-refractivity contribution in [1.82, 2.24) is 10.3 Å². The molecule has 0 radical (unpaired) electrons. The first kappa shape index (κ1) is 16.6. The fraction of sp³-hybridized carbons (Fsp3) is 0.421. The van der Waals surface area contributed by atoms with Gasteiger partial charge in [0.05, 0.1) is 13.7 Å². The lowest BCUT2D eigenvalue weighted by atomic mass is 10.0. The number of piperidine rings is 1. The highest BCUT2D eigenvalue weighted by molar-refractivity contribution is 5.40. The van der Waals surface area contributed by atoms with Crippen LogP contribution < -0.4 is 19.5 Å². The van der Waals surface area contributed by atoms with Crippen molar-refractivity contribution in [2.45, 2.75) is 19.8 Å². The Morgan fingerprint density at radius 3 is 2.62 bits per heavy atom. The lowest BCUT2D eigenvalue weighted by molar-refractivity contribution is 0.211. The summed E-state index contributed by atoms with van der Waals surface area (Å²) in [4.78, 5) is 4.48. The lowest BCUT2D eigenvalue weighted by Gasteiger charge is -2.23. The number of rotatable bonds is 6. The van der Waals surface area contributed by atoms with Crippen LogP contribution in [0.5, 0.6) is 23.1 Å². The zero-order valence-electron chi connectivity index (χ0n) is 14.2. The largest absolute Gasteiger partial charge is 0.497 e. The summed E-state index contributed by atoms with van der Waals surface area (Å²) in [5, 5.41) is 3.41. The van der Waals surface area contributed by atoms with E-state index in [1.807, 2.05) is 43.3 Å². The minimum atomic E-state index is 0.504. The van der Waals surface area contributed by atoms with E-state index in [0.29, 0.717) is 29.9 Å². The topological polar surface area (TPSA) is 52.6 Å². The number of benzene rings is 1. The zero-order chi connectivity index (χ0) is 16.8. The second kappa shape index (κ2) is 8.02. The molecule has 0 aliphatic carbocycles. The molecule has 0 amide bonds. The number of hydrogen-bond donors (Lipinski definition) is 1. The Balaban J connectivity index is 1.69. The first-order chi connectivity index (χ1) is 11.7. The van der Waals surface area contributed by atoms with Gasteiger partial charge in [-0.25, -0.2) is 4.98 Å². The molecule has 1 atom stereocenters. The molecular weight excluding hydrogens is 304 g/mol. The first-order valence-electron chi connectivity index (χ1n) is 8.37. The van der Waals surface area contributed by atoms with Gasteiger partial charge in [0.25, 0.3) is 5.88 Å². The Kier molecular flexibility index (Phi) is 5.54. The maximum atomic E-state index is 6.00. The highest BCUT2D eigenvalue weighted by atomic mass is 16.5. The van der Waals surface area contributed by atoms with E-state index in [2.05, 4.69) is 10.3 Å². The van der Waals surface area contributed by atoms with Crippen LogP contribution in [0.1, 0.15) is 18.5 Å². The Labute approximate surface area is 143 Å². The van der Waals surface area contributed by atoms with E-state index in [0.717, 1.165) is 24.5 Å². The van der Waals surface area contributed by atoms with Crippen molar-refractivity contribution in [2.24, 2.45) is 5.92 Å². The molecule has 5 heteroatoms. The summed E-state index contributed by atoms with van der Waals surface area (Å²) in [6, 6.07) is 11.3. The molecule has 0 bridgehead atoms. The van der Waals surface area contributed by atoms with Crippen LogP contribution in [0.4, 0.5) is 0 Å². The van der Waals surface area contributed by atoms with E-state index in [4.69, 9.17) is 14.2 Å². The number of pyridine rings is 1. The van der Waals surface area contributed by atoms with Crippen LogP contribution in [-0.2, 0) is 0 Å². The number of nitrogens with one attached hydrogen (secondary N) is 1. The molecule has 3 rings (SSSR count). The van der Waals surface area contributed by atoms with Crippen LogP contribution in [-0.4, -0.2) is 31.8 Å². The standard InChI is InChI=1S/C19H24N2O3/c1-14-5-10-18(23-13-15-4-3-11-20-12-15)19(21-14)24-17-8-6-16(22-2)7-9-17/h5-10,15,20H,3-4,11-13H2,1-2H3/t15-/m0/s1. The minimum Gasteiger partial charge on any atom is -0.497 e. The molecule has 1 aliphatic heterocycles. The smallest absolute Gasteiger partial charge is 0.262 e. The molecule has 1 aromatic heterocycles. The Hall–Kier alpha value is -2.27. The number of aromatic nitrogens is 1. The summed E-state index contributed by atoms with van der Waals surface area (Å²) in [6.07, 6.45) is 2.40. The molecule has 24 heavy (non-hydrogen) atoms. The van der Waals surface area contributed by atoms with E-state index < -0.39 is 0 Å². The van der Waals surface area contributed by atoms with Gasteiger partial charge in [-0.1, -0.05) is 0 Å². The maximum absolute atomic E-state index is 6.00. The predicted octanol–water partition coefficient (Wildman–Crippen LogP) is 3.57. The first-order valence-corrected chi connectivity index (χ1v) is 8.37. The Bertz CT molecular complexity index is 652. The van der Waals surface area contributed by atoms with E-state index in [-0.39, 0.29) is 0 Å². The van der Waals surface area contributed by atoms with Crippen LogP contribution >= 0.6 is 0 Å². The van der Waals surface area contributed by atoms with Gasteiger partial charge >= 0.3 is 0 Å². The number of aryl methyl sites for hydroxylation is 1. The monoisotopic (exact) mass is 328 g/mol. The summed E-state index contributed by atoms with van der Waals surface area (Å²) in [5.41, 5.74) is 0.894. The maximum Gasteiger partial charge on any atom is 0.262 e. The fourth-order valence-electron chi connectivity index (χ4n) is 2.73. The highest BCUT2D eigenvalue weighted by Crippen LogP contribution is 2.31. The third kappa shape index (κ3) is 4.38. The van der Waals surface area contributed by atoms with Gasteiger partial charge < -0.3 is 19.5 Å². The van der Waals surface area contributed by atoms with E-state index in [1.54, 1.807) is 7.11 Å². The number of methoxy groups -OCH3 is 1. The lowest BCUT2D eigenvalue weighted by Crippen LogP contribution is -2.33. The molecule has 0 unspecified atom stereocenters. The molecule has 1 aliphatic rings. The van der Waals surface area contributed by atoms with Crippen molar-refractivity contribution in [2.75, 3.05) is 26.8 Å². The van der Waals surface area contributed by atoms with Crippen LogP contribution in [0, 0.1) is 12.8 Å². The average molecular weight is 328 g/mol. The quantitative estimate of drug-likeness (QED) is 0.878. The Morgan fingerprint density at radius 2 is 1.92 bits per heavy atom. The summed E-state index contributed by atoms with van der Waals surface area (Å²) in [6.45, 7) is 4.73.